The van der Waals surface area contributed by atoms with E-state index in [1.165, 1.54) is 11.3 Å². The van der Waals surface area contributed by atoms with E-state index < -0.39 is 12.0 Å². The van der Waals surface area contributed by atoms with Crippen LogP contribution in [0.15, 0.2) is 41.2 Å². The van der Waals surface area contributed by atoms with Crippen molar-refractivity contribution in [3.63, 3.8) is 0 Å². The predicted molar refractivity (Wildman–Crippen MR) is 72.6 cm³/mol. The third-order valence-corrected chi connectivity index (χ3v) is 2.67. The second kappa shape index (κ2) is 7.04. The quantitative estimate of drug-likeness (QED) is 0.829. The number of hydrogen-bond donors (Lipinski definition) is 2. The van der Waals surface area contributed by atoms with Gasteiger partial charge >= 0.3 is 12.0 Å². The Bertz CT molecular complexity index is 585. The number of urea groups is 1. The van der Waals surface area contributed by atoms with Gasteiger partial charge in [-0.1, -0.05) is 23.4 Å². The Morgan fingerprint density at radius 3 is 2.67 bits per heavy atom. The fraction of sp³-hybridized carbons (Fsp3) is 0.231. The van der Waals surface area contributed by atoms with Crippen LogP contribution in [-0.4, -0.2) is 33.8 Å². The lowest BCUT2D eigenvalue weighted by atomic mass is 10.3. The molecule has 110 valence electrons. The summed E-state index contributed by atoms with van der Waals surface area (Å²) in [7, 11) is 0. The zero-order chi connectivity index (χ0) is 15.1. The molecule has 0 saturated carbocycles. The zero-order valence-electron chi connectivity index (χ0n) is 11.1. The first-order valence-corrected chi connectivity index (χ1v) is 6.24. The van der Waals surface area contributed by atoms with Crippen LogP contribution in [0, 0.1) is 0 Å². The number of rotatable bonds is 6. The number of nitrogens with one attached hydrogen (secondary N) is 1. The molecule has 0 radical (unpaired) electrons. The molecule has 0 unspecified atom stereocenters. The highest BCUT2D eigenvalue weighted by Crippen LogP contribution is 2.14. The molecule has 1 heterocycles. The second-order valence-corrected chi connectivity index (χ2v) is 4.14. The number of nitrogens with zero attached hydrogens (tertiary/aromatic N) is 3. The van der Waals surface area contributed by atoms with E-state index in [2.05, 4.69) is 20.0 Å². The minimum absolute atomic E-state index is 0.0669. The van der Waals surface area contributed by atoms with Crippen LogP contribution >= 0.6 is 0 Å². The molecule has 0 saturated heterocycles. The highest BCUT2D eigenvalue weighted by molar-refractivity contribution is 5.92. The van der Waals surface area contributed by atoms with Crippen molar-refractivity contribution >= 4 is 17.7 Å². The number of aliphatic carboxylic acids is 1. The summed E-state index contributed by atoms with van der Waals surface area (Å²) in [5, 5.41) is 15.0. The van der Waals surface area contributed by atoms with Crippen LogP contribution in [0.3, 0.4) is 0 Å². The summed E-state index contributed by atoms with van der Waals surface area (Å²) in [6.45, 7) is 0.170. The molecule has 1 aromatic heterocycles. The van der Waals surface area contributed by atoms with Gasteiger partial charge in [-0.2, -0.15) is 4.98 Å². The summed E-state index contributed by atoms with van der Waals surface area (Å²) in [5.74, 6) is -0.628. The van der Waals surface area contributed by atoms with E-state index in [1.54, 1.807) is 24.3 Å². The van der Waals surface area contributed by atoms with Crippen LogP contribution in [0.1, 0.15) is 12.2 Å². The van der Waals surface area contributed by atoms with Gasteiger partial charge in [0.1, 0.15) is 0 Å². The number of benzene rings is 1. The number of carbonyl (C=O) groups excluding carboxylic acids is 1. The number of amides is 2. The summed E-state index contributed by atoms with van der Waals surface area (Å²) < 4.78 is 4.57. The van der Waals surface area contributed by atoms with Crippen molar-refractivity contribution in [3.05, 3.63) is 42.5 Å². The van der Waals surface area contributed by atoms with Gasteiger partial charge in [-0.3, -0.25) is 9.69 Å². The SMILES string of the molecule is O=C(O)CCN(C(=O)NCc1ncon1)c1ccccc1. The van der Waals surface area contributed by atoms with E-state index in [-0.39, 0.29) is 19.5 Å². The Morgan fingerprint density at radius 1 is 1.29 bits per heavy atom. The number of carboxylic acid groups (broad SMARTS) is 1. The molecule has 2 rings (SSSR count). The lowest BCUT2D eigenvalue weighted by Crippen LogP contribution is -2.41. The van der Waals surface area contributed by atoms with Crippen LogP contribution in [0.2, 0.25) is 0 Å². The van der Waals surface area contributed by atoms with Gasteiger partial charge in [0.15, 0.2) is 5.82 Å². The Hall–Kier alpha value is -2.90. The van der Waals surface area contributed by atoms with Gasteiger partial charge in [0.2, 0.25) is 6.39 Å². The Labute approximate surface area is 120 Å². The predicted octanol–water partition coefficient (Wildman–Crippen LogP) is 1.26. The molecule has 0 aliphatic carbocycles. The second-order valence-electron chi connectivity index (χ2n) is 4.14. The first-order valence-electron chi connectivity index (χ1n) is 6.24. The fourth-order valence-electron chi connectivity index (χ4n) is 1.68. The van der Waals surface area contributed by atoms with E-state index in [9.17, 15) is 9.59 Å². The molecule has 0 fully saturated rings. The lowest BCUT2D eigenvalue weighted by molar-refractivity contribution is -0.136. The van der Waals surface area contributed by atoms with Crippen molar-refractivity contribution in [2.75, 3.05) is 11.4 Å². The maximum absolute atomic E-state index is 12.2. The molecule has 2 amide bonds. The molecular formula is C13H14N4O4. The molecule has 0 spiro atoms. The van der Waals surface area contributed by atoms with Gasteiger partial charge in [-0.25, -0.2) is 4.79 Å². The number of para-hydroxylation sites is 1. The van der Waals surface area contributed by atoms with Crippen LogP contribution < -0.4 is 10.2 Å². The van der Waals surface area contributed by atoms with Crippen LogP contribution in [0.25, 0.3) is 0 Å². The minimum Gasteiger partial charge on any atom is -0.481 e. The maximum Gasteiger partial charge on any atom is 0.322 e. The van der Waals surface area contributed by atoms with Gasteiger partial charge in [-0.05, 0) is 12.1 Å². The summed E-state index contributed by atoms with van der Waals surface area (Å²) in [4.78, 5) is 28.0. The van der Waals surface area contributed by atoms with Crippen molar-refractivity contribution in [3.8, 4) is 0 Å². The average Bonchev–Trinajstić information content (AvgIpc) is 2.99. The normalized spacial score (nSPS) is 10.1. The first kappa shape index (κ1) is 14.5. The number of carbonyl (C=O) groups is 2. The van der Waals surface area contributed by atoms with Crippen molar-refractivity contribution in [1.29, 1.82) is 0 Å². The van der Waals surface area contributed by atoms with Gasteiger partial charge < -0.3 is 14.9 Å². The standard InChI is InChI=1S/C13H14N4O4/c18-12(19)6-7-17(10-4-2-1-3-5-10)13(20)14-8-11-15-9-21-16-11/h1-5,9H,6-8H2,(H,14,20)(H,18,19). The Kier molecular flexibility index (Phi) is 4.86. The van der Waals surface area contributed by atoms with E-state index >= 15 is 0 Å². The number of anilines is 1. The van der Waals surface area contributed by atoms with Crippen molar-refractivity contribution in [2.45, 2.75) is 13.0 Å². The van der Waals surface area contributed by atoms with E-state index in [4.69, 9.17) is 5.11 Å². The summed E-state index contributed by atoms with van der Waals surface area (Å²) in [5.41, 5.74) is 0.615. The number of carboxylic acids is 1. The Balaban J connectivity index is 2.03. The summed E-state index contributed by atoms with van der Waals surface area (Å²) in [6.07, 6.45) is 1.02. The third kappa shape index (κ3) is 4.30. The molecule has 0 atom stereocenters. The van der Waals surface area contributed by atoms with E-state index in [0.717, 1.165) is 0 Å². The topological polar surface area (TPSA) is 109 Å². The van der Waals surface area contributed by atoms with Crippen LogP contribution in [0.4, 0.5) is 10.5 Å². The molecule has 21 heavy (non-hydrogen) atoms. The molecule has 2 aromatic rings. The highest BCUT2D eigenvalue weighted by Gasteiger charge is 2.17. The van der Waals surface area contributed by atoms with Gasteiger partial charge in [0, 0.05) is 12.2 Å². The van der Waals surface area contributed by atoms with E-state index in [0.29, 0.717) is 11.5 Å². The smallest absolute Gasteiger partial charge is 0.322 e. The van der Waals surface area contributed by atoms with E-state index in [1.807, 2.05) is 6.07 Å². The first-order chi connectivity index (χ1) is 10.2. The fourth-order valence-corrected chi connectivity index (χ4v) is 1.68. The molecule has 2 N–H and O–H groups in total. The van der Waals surface area contributed by atoms with Crippen molar-refractivity contribution < 1.29 is 19.2 Å². The minimum atomic E-state index is -0.970. The number of aromatic nitrogens is 2. The summed E-state index contributed by atoms with van der Waals surface area (Å²) in [6, 6.07) is 8.40. The molecule has 0 aliphatic heterocycles. The number of hydrogen-bond acceptors (Lipinski definition) is 5. The lowest BCUT2D eigenvalue weighted by Gasteiger charge is -2.22. The van der Waals surface area contributed by atoms with Gasteiger partial charge in [0.25, 0.3) is 0 Å². The summed E-state index contributed by atoms with van der Waals surface area (Å²) >= 11 is 0. The molecule has 0 bridgehead atoms. The monoisotopic (exact) mass is 290 g/mol. The third-order valence-electron chi connectivity index (χ3n) is 2.67. The van der Waals surface area contributed by atoms with Crippen LogP contribution in [-0.2, 0) is 11.3 Å². The van der Waals surface area contributed by atoms with Crippen molar-refractivity contribution in [2.24, 2.45) is 0 Å². The molecule has 8 heteroatoms. The zero-order valence-corrected chi connectivity index (χ0v) is 11.1. The Morgan fingerprint density at radius 2 is 2.05 bits per heavy atom. The maximum atomic E-state index is 12.2. The van der Waals surface area contributed by atoms with Crippen molar-refractivity contribution in [1.82, 2.24) is 15.5 Å². The van der Waals surface area contributed by atoms with Gasteiger partial charge in [-0.15, -0.1) is 0 Å². The largest absolute Gasteiger partial charge is 0.481 e. The molecule has 0 aliphatic rings. The molecular weight excluding hydrogens is 276 g/mol. The average molecular weight is 290 g/mol. The molecule has 1 aromatic carbocycles. The van der Waals surface area contributed by atoms with Gasteiger partial charge in [0.05, 0.1) is 13.0 Å². The molecule has 8 nitrogen and oxygen atoms in total. The van der Waals surface area contributed by atoms with Crippen LogP contribution in [0.5, 0.6) is 0 Å². The highest BCUT2D eigenvalue weighted by atomic mass is 16.5.